The fraction of sp³-hybridized carbons (Fsp3) is 0.625. The molecule has 0 bridgehead atoms. The first-order valence-corrected chi connectivity index (χ1v) is 3.92. The van der Waals surface area contributed by atoms with Crippen molar-refractivity contribution in [2.24, 2.45) is 5.92 Å². The molecule has 0 aliphatic rings. The number of aromatic amines is 1. The van der Waals surface area contributed by atoms with Gasteiger partial charge in [0, 0.05) is 24.9 Å². The Morgan fingerprint density at radius 1 is 1.75 bits per heavy atom. The molecular formula is C8H14N2O2. The number of aromatic nitrogens is 2. The van der Waals surface area contributed by atoms with Gasteiger partial charge in [0.15, 0.2) is 6.29 Å². The molecule has 1 aromatic heterocycles. The van der Waals surface area contributed by atoms with Crippen molar-refractivity contribution in [3.8, 4) is 0 Å². The van der Waals surface area contributed by atoms with Crippen LogP contribution in [0, 0.1) is 5.92 Å². The molecule has 0 aliphatic carbocycles. The standard InChI is InChI=1S/C8H14N2O2/c1-6(8(11)12-2)3-7-4-9-5-10-7/h4-6,8,11H,3H2,1-2H3,(H,9,10)/t6-,8?/m0/s1. The average Bonchev–Trinajstić information content (AvgIpc) is 2.55. The fourth-order valence-corrected chi connectivity index (χ4v) is 1.08. The van der Waals surface area contributed by atoms with Crippen LogP contribution in [-0.2, 0) is 11.2 Å². The molecule has 1 heterocycles. The Morgan fingerprint density at radius 3 is 3.00 bits per heavy atom. The van der Waals surface area contributed by atoms with Gasteiger partial charge in [0.1, 0.15) is 0 Å². The molecular weight excluding hydrogens is 156 g/mol. The molecule has 1 aromatic rings. The average molecular weight is 170 g/mol. The van der Waals surface area contributed by atoms with Crippen LogP contribution in [0.4, 0.5) is 0 Å². The highest BCUT2D eigenvalue weighted by Crippen LogP contribution is 2.09. The highest BCUT2D eigenvalue weighted by molar-refractivity contribution is 4.95. The number of nitrogens with one attached hydrogen (secondary N) is 1. The lowest BCUT2D eigenvalue weighted by Gasteiger charge is -2.15. The van der Waals surface area contributed by atoms with Crippen molar-refractivity contribution >= 4 is 0 Å². The SMILES string of the molecule is COC(O)[C@@H](C)Cc1cnc[nH]1. The summed E-state index contributed by atoms with van der Waals surface area (Å²) in [5, 5.41) is 9.27. The zero-order chi connectivity index (χ0) is 8.97. The van der Waals surface area contributed by atoms with Gasteiger partial charge in [-0.05, 0) is 6.42 Å². The molecule has 1 rings (SSSR count). The summed E-state index contributed by atoms with van der Waals surface area (Å²) in [7, 11) is 1.49. The molecule has 2 N–H and O–H groups in total. The minimum atomic E-state index is -0.701. The molecule has 1 unspecified atom stereocenters. The van der Waals surface area contributed by atoms with Gasteiger partial charge < -0.3 is 14.8 Å². The second kappa shape index (κ2) is 4.23. The highest BCUT2D eigenvalue weighted by atomic mass is 16.6. The summed E-state index contributed by atoms with van der Waals surface area (Å²) in [6.45, 7) is 1.93. The summed E-state index contributed by atoms with van der Waals surface area (Å²) < 4.78 is 4.78. The van der Waals surface area contributed by atoms with Gasteiger partial charge in [-0.25, -0.2) is 4.98 Å². The van der Waals surface area contributed by atoms with Crippen LogP contribution in [0.2, 0.25) is 0 Å². The van der Waals surface area contributed by atoms with E-state index in [1.54, 1.807) is 12.5 Å². The van der Waals surface area contributed by atoms with E-state index in [9.17, 15) is 5.11 Å². The van der Waals surface area contributed by atoms with Crippen LogP contribution in [0.5, 0.6) is 0 Å². The summed E-state index contributed by atoms with van der Waals surface area (Å²) in [6.07, 6.45) is 3.42. The first-order valence-electron chi connectivity index (χ1n) is 3.92. The van der Waals surface area contributed by atoms with Crippen molar-refractivity contribution in [3.63, 3.8) is 0 Å². The van der Waals surface area contributed by atoms with E-state index < -0.39 is 6.29 Å². The van der Waals surface area contributed by atoms with Crippen LogP contribution >= 0.6 is 0 Å². The molecule has 0 saturated carbocycles. The van der Waals surface area contributed by atoms with Gasteiger partial charge >= 0.3 is 0 Å². The Kier molecular flexibility index (Phi) is 3.25. The van der Waals surface area contributed by atoms with Crippen molar-refractivity contribution in [1.29, 1.82) is 0 Å². The fourth-order valence-electron chi connectivity index (χ4n) is 1.08. The summed E-state index contributed by atoms with van der Waals surface area (Å²) >= 11 is 0. The van der Waals surface area contributed by atoms with E-state index in [4.69, 9.17) is 4.74 Å². The quantitative estimate of drug-likeness (QED) is 0.649. The molecule has 0 amide bonds. The number of hydrogen-bond acceptors (Lipinski definition) is 3. The molecule has 0 radical (unpaired) electrons. The van der Waals surface area contributed by atoms with Crippen LogP contribution in [0.3, 0.4) is 0 Å². The van der Waals surface area contributed by atoms with Gasteiger partial charge in [-0.3, -0.25) is 0 Å². The maximum absolute atomic E-state index is 9.27. The number of aliphatic hydroxyl groups is 1. The smallest absolute Gasteiger partial charge is 0.157 e. The maximum Gasteiger partial charge on any atom is 0.157 e. The molecule has 68 valence electrons. The molecule has 0 fully saturated rings. The second-order valence-electron chi connectivity index (χ2n) is 2.88. The topological polar surface area (TPSA) is 58.1 Å². The molecule has 0 aromatic carbocycles. The normalized spacial score (nSPS) is 15.9. The lowest BCUT2D eigenvalue weighted by molar-refractivity contribution is -0.107. The van der Waals surface area contributed by atoms with E-state index in [0.29, 0.717) is 0 Å². The first-order chi connectivity index (χ1) is 5.74. The molecule has 2 atom stereocenters. The molecule has 0 spiro atoms. The monoisotopic (exact) mass is 170 g/mol. The Labute approximate surface area is 71.6 Å². The zero-order valence-electron chi connectivity index (χ0n) is 7.32. The van der Waals surface area contributed by atoms with Gasteiger partial charge in [0.05, 0.1) is 6.33 Å². The Hall–Kier alpha value is -0.870. The van der Waals surface area contributed by atoms with E-state index in [-0.39, 0.29) is 5.92 Å². The van der Waals surface area contributed by atoms with Crippen molar-refractivity contribution < 1.29 is 9.84 Å². The predicted molar refractivity (Wildman–Crippen MR) is 44.5 cm³/mol. The lowest BCUT2D eigenvalue weighted by Crippen LogP contribution is -2.21. The van der Waals surface area contributed by atoms with Crippen LogP contribution in [-0.4, -0.2) is 28.5 Å². The third-order valence-corrected chi connectivity index (χ3v) is 1.83. The van der Waals surface area contributed by atoms with Gasteiger partial charge in [0.2, 0.25) is 0 Å². The molecule has 4 nitrogen and oxygen atoms in total. The van der Waals surface area contributed by atoms with Crippen molar-refractivity contribution in [1.82, 2.24) is 9.97 Å². The number of rotatable bonds is 4. The number of aliphatic hydroxyl groups excluding tert-OH is 1. The Balaban J connectivity index is 2.41. The zero-order valence-corrected chi connectivity index (χ0v) is 7.32. The number of methoxy groups -OCH3 is 1. The van der Waals surface area contributed by atoms with E-state index in [2.05, 4.69) is 9.97 Å². The maximum atomic E-state index is 9.27. The number of ether oxygens (including phenoxy) is 1. The largest absolute Gasteiger partial charge is 0.368 e. The summed E-state index contributed by atoms with van der Waals surface area (Å²) in [5.74, 6) is 0.0791. The third-order valence-electron chi connectivity index (χ3n) is 1.83. The van der Waals surface area contributed by atoms with Crippen molar-refractivity contribution in [2.45, 2.75) is 19.6 Å². The van der Waals surface area contributed by atoms with Gasteiger partial charge in [-0.15, -0.1) is 0 Å². The number of nitrogens with zero attached hydrogens (tertiary/aromatic N) is 1. The van der Waals surface area contributed by atoms with Crippen LogP contribution in [0.1, 0.15) is 12.6 Å². The number of H-pyrrole nitrogens is 1. The van der Waals surface area contributed by atoms with Crippen LogP contribution < -0.4 is 0 Å². The molecule has 4 heteroatoms. The molecule has 12 heavy (non-hydrogen) atoms. The summed E-state index contributed by atoms with van der Waals surface area (Å²) in [4.78, 5) is 6.85. The highest BCUT2D eigenvalue weighted by Gasteiger charge is 2.13. The summed E-state index contributed by atoms with van der Waals surface area (Å²) in [6, 6.07) is 0. The minimum Gasteiger partial charge on any atom is -0.368 e. The summed E-state index contributed by atoms with van der Waals surface area (Å²) in [5.41, 5.74) is 1.01. The lowest BCUT2D eigenvalue weighted by atomic mass is 10.1. The Morgan fingerprint density at radius 2 is 2.50 bits per heavy atom. The van der Waals surface area contributed by atoms with Crippen LogP contribution in [0.15, 0.2) is 12.5 Å². The second-order valence-corrected chi connectivity index (χ2v) is 2.88. The first kappa shape index (κ1) is 9.22. The van der Waals surface area contributed by atoms with E-state index in [1.165, 1.54) is 7.11 Å². The van der Waals surface area contributed by atoms with Gasteiger partial charge in [0.25, 0.3) is 0 Å². The number of imidazole rings is 1. The molecule has 0 saturated heterocycles. The Bertz CT molecular complexity index is 211. The number of hydrogen-bond donors (Lipinski definition) is 2. The third kappa shape index (κ3) is 2.32. The van der Waals surface area contributed by atoms with Crippen molar-refractivity contribution in [2.75, 3.05) is 7.11 Å². The van der Waals surface area contributed by atoms with Crippen molar-refractivity contribution in [3.05, 3.63) is 18.2 Å². The minimum absolute atomic E-state index is 0.0791. The predicted octanol–water partition coefficient (Wildman–Crippen LogP) is 0.553. The van der Waals surface area contributed by atoms with Gasteiger partial charge in [-0.2, -0.15) is 0 Å². The van der Waals surface area contributed by atoms with Crippen LogP contribution in [0.25, 0.3) is 0 Å². The van der Waals surface area contributed by atoms with E-state index in [0.717, 1.165) is 12.1 Å². The van der Waals surface area contributed by atoms with E-state index >= 15 is 0 Å². The van der Waals surface area contributed by atoms with Gasteiger partial charge in [-0.1, -0.05) is 6.92 Å². The molecule has 0 aliphatic heterocycles. The van der Waals surface area contributed by atoms with E-state index in [1.807, 2.05) is 6.92 Å².